The van der Waals surface area contributed by atoms with Gasteiger partial charge in [-0.25, -0.2) is 13.1 Å². The highest BCUT2D eigenvalue weighted by Crippen LogP contribution is 2.31. The van der Waals surface area contributed by atoms with Crippen LogP contribution in [0.25, 0.3) is 0 Å². The second kappa shape index (κ2) is 5.57. The monoisotopic (exact) mass is 297 g/mol. The van der Waals surface area contributed by atoms with E-state index in [4.69, 9.17) is 5.11 Å². The van der Waals surface area contributed by atoms with Gasteiger partial charge >= 0.3 is 12.1 Å². The van der Waals surface area contributed by atoms with E-state index in [0.29, 0.717) is 0 Å². The second-order valence-corrected chi connectivity index (χ2v) is 5.44. The van der Waals surface area contributed by atoms with Crippen LogP contribution >= 0.6 is 0 Å². The van der Waals surface area contributed by atoms with E-state index in [2.05, 4.69) is 0 Å². The first-order valence-electron chi connectivity index (χ1n) is 4.96. The molecule has 1 rings (SSSR count). The van der Waals surface area contributed by atoms with E-state index in [1.54, 1.807) is 0 Å². The standard InChI is InChI=1S/C10H10F3NO4S/c11-10(12,13)8-4-2-1-3-7(8)5-14-19(17,18)6-9(15)16/h1-4,14H,5-6H2,(H,15,16). The van der Waals surface area contributed by atoms with Crippen LogP contribution in [0.1, 0.15) is 11.1 Å². The molecule has 0 saturated heterocycles. The van der Waals surface area contributed by atoms with Crippen molar-refractivity contribution in [3.63, 3.8) is 0 Å². The summed E-state index contributed by atoms with van der Waals surface area (Å²) in [5.41, 5.74) is -1.24. The van der Waals surface area contributed by atoms with Crippen molar-refractivity contribution < 1.29 is 31.5 Å². The van der Waals surface area contributed by atoms with Crippen molar-refractivity contribution in [1.82, 2.24) is 4.72 Å². The number of benzene rings is 1. The molecule has 0 aliphatic carbocycles. The fourth-order valence-corrected chi connectivity index (χ4v) is 2.15. The molecule has 0 atom stereocenters. The van der Waals surface area contributed by atoms with Crippen LogP contribution in [0.4, 0.5) is 13.2 Å². The van der Waals surface area contributed by atoms with E-state index < -0.39 is 40.0 Å². The third kappa shape index (κ3) is 4.87. The van der Waals surface area contributed by atoms with Gasteiger partial charge in [0.2, 0.25) is 10.0 Å². The van der Waals surface area contributed by atoms with Gasteiger partial charge in [-0.2, -0.15) is 13.2 Å². The van der Waals surface area contributed by atoms with E-state index in [-0.39, 0.29) is 5.56 Å². The second-order valence-electron chi connectivity index (χ2n) is 3.63. The number of hydrogen-bond donors (Lipinski definition) is 2. The first-order valence-corrected chi connectivity index (χ1v) is 6.61. The number of alkyl halides is 3. The fraction of sp³-hybridized carbons (Fsp3) is 0.300. The summed E-state index contributed by atoms with van der Waals surface area (Å²) in [4.78, 5) is 10.3. The highest BCUT2D eigenvalue weighted by atomic mass is 32.2. The average Bonchev–Trinajstić information content (AvgIpc) is 2.24. The van der Waals surface area contributed by atoms with Crippen LogP contribution in [0.3, 0.4) is 0 Å². The molecular weight excluding hydrogens is 287 g/mol. The molecule has 0 spiro atoms. The van der Waals surface area contributed by atoms with E-state index in [1.165, 1.54) is 12.1 Å². The maximum Gasteiger partial charge on any atom is 0.416 e. The average molecular weight is 297 g/mol. The lowest BCUT2D eigenvalue weighted by atomic mass is 10.1. The van der Waals surface area contributed by atoms with Crippen LogP contribution in [-0.2, 0) is 27.5 Å². The normalized spacial score (nSPS) is 12.4. The number of carboxylic acid groups (broad SMARTS) is 1. The zero-order chi connectivity index (χ0) is 14.7. The maximum atomic E-state index is 12.6. The minimum Gasteiger partial charge on any atom is -0.480 e. The summed E-state index contributed by atoms with van der Waals surface area (Å²) in [5.74, 6) is -2.78. The van der Waals surface area contributed by atoms with Crippen molar-refractivity contribution in [3.05, 3.63) is 35.4 Å². The zero-order valence-electron chi connectivity index (χ0n) is 9.44. The molecule has 0 radical (unpaired) electrons. The van der Waals surface area contributed by atoms with Gasteiger partial charge in [0.1, 0.15) is 0 Å². The van der Waals surface area contributed by atoms with Crippen LogP contribution in [-0.4, -0.2) is 25.2 Å². The van der Waals surface area contributed by atoms with E-state index in [0.717, 1.165) is 12.1 Å². The molecule has 106 valence electrons. The van der Waals surface area contributed by atoms with Gasteiger partial charge in [-0.05, 0) is 11.6 Å². The molecule has 1 aromatic carbocycles. The molecule has 19 heavy (non-hydrogen) atoms. The van der Waals surface area contributed by atoms with E-state index in [1.807, 2.05) is 4.72 Å². The fourth-order valence-electron chi connectivity index (χ4n) is 1.35. The Balaban J connectivity index is 2.88. The summed E-state index contributed by atoms with van der Waals surface area (Å²) in [6.07, 6.45) is -4.60. The lowest BCUT2D eigenvalue weighted by molar-refractivity contribution is -0.138. The molecule has 0 aromatic heterocycles. The summed E-state index contributed by atoms with van der Waals surface area (Å²) in [5, 5.41) is 8.33. The largest absolute Gasteiger partial charge is 0.480 e. The van der Waals surface area contributed by atoms with Gasteiger partial charge in [0, 0.05) is 6.54 Å². The molecule has 0 unspecified atom stereocenters. The Morgan fingerprint density at radius 2 is 1.84 bits per heavy atom. The molecule has 0 aliphatic heterocycles. The van der Waals surface area contributed by atoms with Crippen LogP contribution in [0, 0.1) is 0 Å². The van der Waals surface area contributed by atoms with E-state index >= 15 is 0 Å². The molecule has 9 heteroatoms. The summed E-state index contributed by atoms with van der Waals surface area (Å²) in [6.45, 7) is -0.620. The van der Waals surface area contributed by atoms with Crippen molar-refractivity contribution in [3.8, 4) is 0 Å². The van der Waals surface area contributed by atoms with Gasteiger partial charge in [-0.3, -0.25) is 4.79 Å². The zero-order valence-corrected chi connectivity index (χ0v) is 10.3. The Labute approximate surface area is 107 Å². The quantitative estimate of drug-likeness (QED) is 0.855. The smallest absolute Gasteiger partial charge is 0.416 e. The molecule has 0 fully saturated rings. The number of halogens is 3. The predicted octanol–water partition coefficient (Wildman–Crippen LogP) is 1.21. The minimum absolute atomic E-state index is 0.274. The summed E-state index contributed by atoms with van der Waals surface area (Å²) in [6, 6.07) is 4.45. The van der Waals surface area contributed by atoms with Gasteiger partial charge in [0.25, 0.3) is 0 Å². The third-order valence-electron chi connectivity index (χ3n) is 2.12. The van der Waals surface area contributed by atoms with Crippen molar-refractivity contribution >= 4 is 16.0 Å². The highest BCUT2D eigenvalue weighted by molar-refractivity contribution is 7.90. The molecule has 0 saturated carbocycles. The predicted molar refractivity (Wildman–Crippen MR) is 59.7 cm³/mol. The Hall–Kier alpha value is -1.61. The van der Waals surface area contributed by atoms with Crippen molar-refractivity contribution in [1.29, 1.82) is 0 Å². The number of aliphatic carboxylic acids is 1. The van der Waals surface area contributed by atoms with Gasteiger partial charge < -0.3 is 5.11 Å². The Morgan fingerprint density at radius 3 is 2.37 bits per heavy atom. The maximum absolute atomic E-state index is 12.6. The molecule has 1 aromatic rings. The van der Waals surface area contributed by atoms with Crippen molar-refractivity contribution in [2.45, 2.75) is 12.7 Å². The highest BCUT2D eigenvalue weighted by Gasteiger charge is 2.33. The molecule has 0 aliphatic rings. The number of sulfonamides is 1. The van der Waals surface area contributed by atoms with Crippen LogP contribution in [0.5, 0.6) is 0 Å². The molecule has 2 N–H and O–H groups in total. The number of carboxylic acids is 1. The molecule has 0 bridgehead atoms. The summed E-state index contributed by atoms with van der Waals surface area (Å²) >= 11 is 0. The lowest BCUT2D eigenvalue weighted by Crippen LogP contribution is -2.30. The topological polar surface area (TPSA) is 83.5 Å². The minimum atomic E-state index is -4.60. The van der Waals surface area contributed by atoms with Gasteiger partial charge in [-0.15, -0.1) is 0 Å². The van der Waals surface area contributed by atoms with Crippen molar-refractivity contribution in [2.75, 3.05) is 5.75 Å². The van der Waals surface area contributed by atoms with Crippen LogP contribution in [0.15, 0.2) is 24.3 Å². The number of nitrogens with one attached hydrogen (secondary N) is 1. The Morgan fingerprint density at radius 1 is 1.26 bits per heavy atom. The first-order chi connectivity index (χ1) is 8.62. The molecule has 0 amide bonds. The summed E-state index contributed by atoms with van der Waals surface area (Å²) < 4.78 is 62.0. The summed E-state index contributed by atoms with van der Waals surface area (Å²) in [7, 11) is -4.16. The Kier molecular flexibility index (Phi) is 4.53. The molecule has 0 heterocycles. The third-order valence-corrected chi connectivity index (χ3v) is 3.33. The van der Waals surface area contributed by atoms with Crippen LogP contribution < -0.4 is 4.72 Å². The van der Waals surface area contributed by atoms with E-state index in [9.17, 15) is 26.4 Å². The van der Waals surface area contributed by atoms with Crippen LogP contribution in [0.2, 0.25) is 0 Å². The SMILES string of the molecule is O=C(O)CS(=O)(=O)NCc1ccccc1C(F)(F)F. The first kappa shape index (κ1) is 15.4. The van der Waals surface area contributed by atoms with Gasteiger partial charge in [-0.1, -0.05) is 18.2 Å². The van der Waals surface area contributed by atoms with Gasteiger partial charge in [0.15, 0.2) is 5.75 Å². The van der Waals surface area contributed by atoms with Gasteiger partial charge in [0.05, 0.1) is 5.56 Å². The number of rotatable bonds is 5. The number of carbonyl (C=O) groups is 1. The molecular formula is C10H10F3NO4S. The molecule has 5 nitrogen and oxygen atoms in total. The number of hydrogen-bond acceptors (Lipinski definition) is 3. The lowest BCUT2D eigenvalue weighted by Gasteiger charge is -2.12. The Bertz CT molecular complexity index is 568. The van der Waals surface area contributed by atoms with Crippen molar-refractivity contribution in [2.24, 2.45) is 0 Å².